The second-order valence-electron chi connectivity index (χ2n) is 7.10. The number of ether oxygens (including phenoxy) is 1. The van der Waals surface area contributed by atoms with E-state index in [1.807, 2.05) is 6.07 Å². The Hall–Kier alpha value is -2.89. The summed E-state index contributed by atoms with van der Waals surface area (Å²) in [5.41, 5.74) is 1.30. The van der Waals surface area contributed by atoms with Crippen LogP contribution in [0.4, 0.5) is 4.39 Å². The SMILES string of the molecule is O=C(O)CCC1CCCN(C(=O)c2ccccc2OCc2ccc(F)cc2)C1. The molecular formula is C22H24FNO4. The smallest absolute Gasteiger partial charge is 0.303 e. The molecule has 6 heteroatoms. The number of halogens is 1. The van der Waals surface area contributed by atoms with E-state index in [0.717, 1.165) is 18.4 Å². The topological polar surface area (TPSA) is 66.8 Å². The number of para-hydroxylation sites is 1. The molecule has 1 aliphatic rings. The van der Waals surface area contributed by atoms with Crippen molar-refractivity contribution in [2.45, 2.75) is 32.3 Å². The summed E-state index contributed by atoms with van der Waals surface area (Å²) in [5, 5.41) is 8.88. The maximum absolute atomic E-state index is 13.0. The average Bonchev–Trinajstić information content (AvgIpc) is 2.72. The minimum absolute atomic E-state index is 0.102. The van der Waals surface area contributed by atoms with Crippen molar-refractivity contribution in [1.29, 1.82) is 0 Å². The van der Waals surface area contributed by atoms with Crippen molar-refractivity contribution in [3.05, 3.63) is 65.5 Å². The van der Waals surface area contributed by atoms with Gasteiger partial charge in [0.1, 0.15) is 18.2 Å². The van der Waals surface area contributed by atoms with Crippen molar-refractivity contribution in [2.24, 2.45) is 5.92 Å². The number of aliphatic carboxylic acids is 1. The van der Waals surface area contributed by atoms with Gasteiger partial charge in [-0.2, -0.15) is 0 Å². The number of carbonyl (C=O) groups excluding carboxylic acids is 1. The molecule has 0 radical (unpaired) electrons. The summed E-state index contributed by atoms with van der Waals surface area (Å²) in [6.07, 6.45) is 2.53. The lowest BCUT2D eigenvalue weighted by molar-refractivity contribution is -0.137. The minimum atomic E-state index is -0.803. The zero-order valence-corrected chi connectivity index (χ0v) is 15.6. The minimum Gasteiger partial charge on any atom is -0.488 e. The molecule has 1 fully saturated rings. The fraction of sp³-hybridized carbons (Fsp3) is 0.364. The molecule has 0 aromatic heterocycles. The lowest BCUT2D eigenvalue weighted by Gasteiger charge is -2.33. The molecule has 1 unspecified atom stereocenters. The van der Waals surface area contributed by atoms with Gasteiger partial charge in [-0.15, -0.1) is 0 Å². The maximum Gasteiger partial charge on any atom is 0.303 e. The fourth-order valence-corrected chi connectivity index (χ4v) is 3.49. The van der Waals surface area contributed by atoms with Crippen LogP contribution in [0.3, 0.4) is 0 Å². The van der Waals surface area contributed by atoms with E-state index >= 15 is 0 Å². The van der Waals surface area contributed by atoms with Gasteiger partial charge < -0.3 is 14.7 Å². The average molecular weight is 385 g/mol. The first-order valence-corrected chi connectivity index (χ1v) is 9.50. The molecule has 1 aliphatic heterocycles. The third kappa shape index (κ3) is 5.31. The first kappa shape index (κ1) is 19.9. The summed E-state index contributed by atoms with van der Waals surface area (Å²) in [4.78, 5) is 25.6. The van der Waals surface area contributed by atoms with E-state index < -0.39 is 5.97 Å². The number of piperidine rings is 1. The number of hydrogen-bond donors (Lipinski definition) is 1. The van der Waals surface area contributed by atoms with Gasteiger partial charge in [0.15, 0.2) is 0 Å². The first-order valence-electron chi connectivity index (χ1n) is 9.50. The van der Waals surface area contributed by atoms with E-state index in [4.69, 9.17) is 9.84 Å². The summed E-state index contributed by atoms with van der Waals surface area (Å²) >= 11 is 0. The van der Waals surface area contributed by atoms with Crippen molar-refractivity contribution in [3.8, 4) is 5.75 Å². The number of likely N-dealkylation sites (tertiary alicyclic amines) is 1. The number of rotatable bonds is 7. The lowest BCUT2D eigenvalue weighted by Crippen LogP contribution is -2.40. The Kier molecular flexibility index (Phi) is 6.63. The highest BCUT2D eigenvalue weighted by molar-refractivity contribution is 5.97. The molecule has 1 saturated heterocycles. The number of benzene rings is 2. The number of amides is 1. The van der Waals surface area contributed by atoms with Crippen molar-refractivity contribution in [2.75, 3.05) is 13.1 Å². The van der Waals surface area contributed by atoms with Gasteiger partial charge >= 0.3 is 5.97 Å². The summed E-state index contributed by atoms with van der Waals surface area (Å²) in [6, 6.07) is 13.1. The number of carbonyl (C=O) groups is 2. The molecule has 1 amide bonds. The second-order valence-corrected chi connectivity index (χ2v) is 7.10. The molecule has 1 heterocycles. The highest BCUT2D eigenvalue weighted by atomic mass is 19.1. The van der Waals surface area contributed by atoms with Crippen molar-refractivity contribution < 1.29 is 23.8 Å². The quantitative estimate of drug-likeness (QED) is 0.779. The monoisotopic (exact) mass is 385 g/mol. The van der Waals surface area contributed by atoms with Crippen LogP contribution < -0.4 is 4.74 Å². The van der Waals surface area contributed by atoms with Gasteiger partial charge in [0, 0.05) is 19.5 Å². The van der Waals surface area contributed by atoms with Crippen LogP contribution in [0.15, 0.2) is 48.5 Å². The van der Waals surface area contributed by atoms with Crippen LogP contribution in [0.1, 0.15) is 41.6 Å². The molecule has 1 N–H and O–H groups in total. The molecule has 1 atom stereocenters. The Labute approximate surface area is 163 Å². The Bertz CT molecular complexity index is 822. The van der Waals surface area contributed by atoms with Gasteiger partial charge in [-0.25, -0.2) is 4.39 Å². The molecule has 3 rings (SSSR count). The van der Waals surface area contributed by atoms with Gasteiger partial charge in [0.25, 0.3) is 5.91 Å². The van der Waals surface area contributed by atoms with E-state index in [2.05, 4.69) is 0 Å². The molecule has 0 aliphatic carbocycles. The normalized spacial score (nSPS) is 16.6. The molecule has 2 aromatic carbocycles. The van der Waals surface area contributed by atoms with E-state index in [1.54, 1.807) is 35.2 Å². The Balaban J connectivity index is 1.66. The molecule has 0 saturated carbocycles. The Morgan fingerprint density at radius 3 is 2.64 bits per heavy atom. The summed E-state index contributed by atoms with van der Waals surface area (Å²) in [5.74, 6) is -0.509. The van der Waals surface area contributed by atoms with Crippen LogP contribution in [0.25, 0.3) is 0 Å². The molecule has 0 spiro atoms. The molecule has 2 aromatic rings. The zero-order valence-electron chi connectivity index (χ0n) is 15.6. The molecule has 0 bridgehead atoms. The number of nitrogens with zero attached hydrogens (tertiary/aromatic N) is 1. The van der Waals surface area contributed by atoms with Gasteiger partial charge in [-0.1, -0.05) is 24.3 Å². The molecule has 5 nitrogen and oxygen atoms in total. The van der Waals surface area contributed by atoms with Crippen LogP contribution in [0.5, 0.6) is 5.75 Å². The summed E-state index contributed by atoms with van der Waals surface area (Å²) in [6.45, 7) is 1.47. The third-order valence-electron chi connectivity index (χ3n) is 5.00. The standard InChI is InChI=1S/C22H24FNO4/c23-18-10-7-17(8-11-18)15-28-20-6-2-1-5-19(20)22(27)24-13-3-4-16(14-24)9-12-21(25)26/h1-2,5-8,10-11,16H,3-4,9,12-15H2,(H,25,26). The molecular weight excluding hydrogens is 361 g/mol. The van der Waals surface area contributed by atoms with Gasteiger partial charge in [-0.3, -0.25) is 9.59 Å². The van der Waals surface area contributed by atoms with Gasteiger partial charge in [-0.05, 0) is 55.0 Å². The Morgan fingerprint density at radius 1 is 1.14 bits per heavy atom. The number of hydrogen-bond acceptors (Lipinski definition) is 3. The van der Waals surface area contributed by atoms with E-state index in [0.29, 0.717) is 30.8 Å². The van der Waals surface area contributed by atoms with Gasteiger partial charge in [0.2, 0.25) is 0 Å². The largest absolute Gasteiger partial charge is 0.488 e. The highest BCUT2D eigenvalue weighted by Gasteiger charge is 2.26. The third-order valence-corrected chi connectivity index (χ3v) is 5.00. The van der Waals surface area contributed by atoms with Crippen molar-refractivity contribution in [3.63, 3.8) is 0 Å². The van der Waals surface area contributed by atoms with Crippen LogP contribution >= 0.6 is 0 Å². The maximum atomic E-state index is 13.0. The first-order chi connectivity index (χ1) is 13.5. The predicted octanol–water partition coefficient (Wildman–Crippen LogP) is 4.12. The Morgan fingerprint density at radius 2 is 1.89 bits per heavy atom. The van der Waals surface area contributed by atoms with Crippen LogP contribution in [-0.4, -0.2) is 35.0 Å². The summed E-state index contributed by atoms with van der Waals surface area (Å²) in [7, 11) is 0. The van der Waals surface area contributed by atoms with Gasteiger partial charge in [0.05, 0.1) is 5.56 Å². The van der Waals surface area contributed by atoms with E-state index in [9.17, 15) is 14.0 Å². The number of carboxylic acid groups (broad SMARTS) is 1. The number of carboxylic acids is 1. The highest BCUT2D eigenvalue weighted by Crippen LogP contribution is 2.26. The van der Waals surface area contributed by atoms with Crippen molar-refractivity contribution >= 4 is 11.9 Å². The summed E-state index contributed by atoms with van der Waals surface area (Å²) < 4.78 is 18.9. The van der Waals surface area contributed by atoms with Crippen LogP contribution in [0.2, 0.25) is 0 Å². The predicted molar refractivity (Wildman–Crippen MR) is 103 cm³/mol. The zero-order chi connectivity index (χ0) is 19.9. The van der Waals surface area contributed by atoms with Crippen LogP contribution in [-0.2, 0) is 11.4 Å². The second kappa shape index (κ2) is 9.35. The van der Waals surface area contributed by atoms with E-state index in [1.165, 1.54) is 12.1 Å². The lowest BCUT2D eigenvalue weighted by atomic mass is 9.93. The fourth-order valence-electron chi connectivity index (χ4n) is 3.49. The molecule has 28 heavy (non-hydrogen) atoms. The molecule has 148 valence electrons. The van der Waals surface area contributed by atoms with Crippen LogP contribution in [0, 0.1) is 11.7 Å². The van der Waals surface area contributed by atoms with Crippen molar-refractivity contribution in [1.82, 2.24) is 4.90 Å². The van der Waals surface area contributed by atoms with E-state index in [-0.39, 0.29) is 30.7 Å².